The molecule has 0 spiro atoms. The van der Waals surface area contributed by atoms with Gasteiger partial charge in [0.2, 0.25) is 5.91 Å². The first-order valence-electron chi connectivity index (χ1n) is 8.81. The maximum absolute atomic E-state index is 13.3. The van der Waals surface area contributed by atoms with Crippen molar-refractivity contribution in [1.29, 1.82) is 0 Å². The first-order valence-corrected chi connectivity index (χ1v) is 10.3. The zero-order chi connectivity index (χ0) is 20.0. The number of sulfonamides is 1. The van der Waals surface area contributed by atoms with Gasteiger partial charge in [-0.1, -0.05) is 31.2 Å². The maximum Gasteiger partial charge on any atom is 0.264 e. The minimum atomic E-state index is -3.95. The van der Waals surface area contributed by atoms with Crippen molar-refractivity contribution < 1.29 is 17.9 Å². The number of benzene rings is 2. The Labute approximate surface area is 161 Å². The van der Waals surface area contributed by atoms with E-state index in [2.05, 4.69) is 5.32 Å². The van der Waals surface area contributed by atoms with E-state index in [9.17, 15) is 13.2 Å². The summed E-state index contributed by atoms with van der Waals surface area (Å²) < 4.78 is 33.0. The highest BCUT2D eigenvalue weighted by Crippen LogP contribution is 2.33. The lowest BCUT2D eigenvalue weighted by atomic mass is 10.2. The molecule has 2 aromatic carbocycles. The lowest BCUT2D eigenvalue weighted by Gasteiger charge is -2.26. The van der Waals surface area contributed by atoms with Gasteiger partial charge in [0, 0.05) is 6.04 Å². The van der Waals surface area contributed by atoms with Crippen molar-refractivity contribution in [1.82, 2.24) is 5.32 Å². The molecule has 27 heavy (non-hydrogen) atoms. The normalized spacial score (nSPS) is 12.3. The highest BCUT2D eigenvalue weighted by molar-refractivity contribution is 7.92. The van der Waals surface area contributed by atoms with Gasteiger partial charge in [-0.2, -0.15) is 0 Å². The molecule has 0 aliphatic carbocycles. The summed E-state index contributed by atoms with van der Waals surface area (Å²) in [5.74, 6) is 0.0175. The minimum absolute atomic E-state index is 0.0433. The fourth-order valence-electron chi connectivity index (χ4n) is 2.57. The Hall–Kier alpha value is -2.54. The monoisotopic (exact) mass is 390 g/mol. The van der Waals surface area contributed by atoms with Crippen molar-refractivity contribution in [2.45, 2.75) is 38.1 Å². The highest BCUT2D eigenvalue weighted by atomic mass is 32.2. The molecular weight excluding hydrogens is 364 g/mol. The molecule has 0 heterocycles. The highest BCUT2D eigenvalue weighted by Gasteiger charge is 2.29. The van der Waals surface area contributed by atoms with Crippen LogP contribution in [0.5, 0.6) is 5.75 Å². The molecule has 1 N–H and O–H groups in total. The van der Waals surface area contributed by atoms with Gasteiger partial charge in [-0.3, -0.25) is 9.10 Å². The summed E-state index contributed by atoms with van der Waals surface area (Å²) >= 11 is 0. The summed E-state index contributed by atoms with van der Waals surface area (Å²) in [5.41, 5.74) is 1.20. The summed E-state index contributed by atoms with van der Waals surface area (Å²) in [7, 11) is -2.48. The first kappa shape index (κ1) is 20.8. The number of rotatable bonds is 8. The molecule has 2 rings (SSSR count). The largest absolute Gasteiger partial charge is 0.495 e. The van der Waals surface area contributed by atoms with Crippen LogP contribution in [-0.2, 0) is 14.8 Å². The van der Waals surface area contributed by atoms with Gasteiger partial charge >= 0.3 is 0 Å². The molecule has 7 heteroatoms. The van der Waals surface area contributed by atoms with Gasteiger partial charge in [0.25, 0.3) is 10.0 Å². The summed E-state index contributed by atoms with van der Waals surface area (Å²) in [6, 6.07) is 13.3. The van der Waals surface area contributed by atoms with Gasteiger partial charge < -0.3 is 10.1 Å². The molecule has 0 radical (unpaired) electrons. The number of nitrogens with one attached hydrogen (secondary N) is 1. The van der Waals surface area contributed by atoms with Crippen LogP contribution in [0.25, 0.3) is 0 Å². The van der Waals surface area contributed by atoms with Crippen molar-refractivity contribution in [3.05, 3.63) is 54.1 Å². The predicted octanol–water partition coefficient (Wildman–Crippen LogP) is 3.11. The van der Waals surface area contributed by atoms with E-state index >= 15 is 0 Å². The average molecular weight is 391 g/mol. The SMILES string of the molecule is CC[C@@H](C)NC(=O)CN(c1cc(C)ccc1OC)S(=O)(=O)c1ccccc1. The average Bonchev–Trinajstić information content (AvgIpc) is 2.66. The number of nitrogens with zero attached hydrogens (tertiary/aromatic N) is 1. The molecule has 1 amide bonds. The molecule has 1 atom stereocenters. The zero-order valence-corrected chi connectivity index (χ0v) is 16.9. The van der Waals surface area contributed by atoms with Gasteiger partial charge in [0.1, 0.15) is 12.3 Å². The van der Waals surface area contributed by atoms with Crippen LogP contribution in [-0.4, -0.2) is 34.0 Å². The molecule has 0 unspecified atom stereocenters. The Morgan fingerprint density at radius 1 is 1.19 bits per heavy atom. The number of hydrogen-bond acceptors (Lipinski definition) is 4. The third kappa shape index (κ3) is 5.01. The number of anilines is 1. The van der Waals surface area contributed by atoms with E-state index in [1.54, 1.807) is 30.3 Å². The molecule has 0 fully saturated rings. The van der Waals surface area contributed by atoms with Crippen LogP contribution in [0.4, 0.5) is 5.69 Å². The number of aryl methyl sites for hydroxylation is 1. The quantitative estimate of drug-likeness (QED) is 0.751. The lowest BCUT2D eigenvalue weighted by Crippen LogP contribution is -2.43. The number of methoxy groups -OCH3 is 1. The van der Waals surface area contributed by atoms with Crippen molar-refractivity contribution in [3.63, 3.8) is 0 Å². The minimum Gasteiger partial charge on any atom is -0.495 e. The maximum atomic E-state index is 13.3. The van der Waals surface area contributed by atoms with Gasteiger partial charge in [-0.15, -0.1) is 0 Å². The molecule has 2 aromatic rings. The van der Waals surface area contributed by atoms with Crippen LogP contribution in [0.3, 0.4) is 0 Å². The molecule has 6 nitrogen and oxygen atoms in total. The van der Waals surface area contributed by atoms with Crippen LogP contribution in [0, 0.1) is 6.92 Å². The van der Waals surface area contributed by atoms with Crippen LogP contribution < -0.4 is 14.4 Å². The van der Waals surface area contributed by atoms with Crippen LogP contribution >= 0.6 is 0 Å². The summed E-state index contributed by atoms with van der Waals surface area (Å²) in [5, 5.41) is 2.82. The fourth-order valence-corrected chi connectivity index (χ4v) is 4.01. The van der Waals surface area contributed by atoms with Crippen molar-refractivity contribution in [2.75, 3.05) is 18.0 Å². The predicted molar refractivity (Wildman–Crippen MR) is 107 cm³/mol. The van der Waals surface area contributed by atoms with Gasteiger partial charge in [0.05, 0.1) is 17.7 Å². The van der Waals surface area contributed by atoms with Gasteiger partial charge in [0.15, 0.2) is 0 Å². The van der Waals surface area contributed by atoms with Gasteiger partial charge in [-0.05, 0) is 50.1 Å². The lowest BCUT2D eigenvalue weighted by molar-refractivity contribution is -0.120. The standard InChI is InChI=1S/C20H26N2O4S/c1-5-16(3)21-20(23)14-22(18-13-15(2)11-12-19(18)26-4)27(24,25)17-9-7-6-8-10-17/h6-13,16H,5,14H2,1-4H3,(H,21,23)/t16-/m1/s1. The van der Waals surface area contributed by atoms with E-state index < -0.39 is 10.0 Å². The Morgan fingerprint density at radius 2 is 1.85 bits per heavy atom. The molecule has 146 valence electrons. The number of hydrogen-bond donors (Lipinski definition) is 1. The smallest absolute Gasteiger partial charge is 0.264 e. The van der Waals surface area contributed by atoms with E-state index in [1.807, 2.05) is 26.8 Å². The Balaban J connectivity index is 2.53. The van der Waals surface area contributed by atoms with Crippen molar-refractivity contribution >= 4 is 21.6 Å². The van der Waals surface area contributed by atoms with Crippen LogP contribution in [0.1, 0.15) is 25.8 Å². The molecule has 0 bridgehead atoms. The molecule has 0 aliphatic heterocycles. The van der Waals surface area contributed by atoms with E-state index in [4.69, 9.17) is 4.74 Å². The molecule has 0 aliphatic rings. The number of carbonyl (C=O) groups excluding carboxylic acids is 1. The molecule has 0 saturated heterocycles. The number of amides is 1. The molecular formula is C20H26N2O4S. The zero-order valence-electron chi connectivity index (χ0n) is 16.1. The van der Waals surface area contributed by atoms with E-state index in [-0.39, 0.29) is 23.4 Å². The number of ether oxygens (including phenoxy) is 1. The molecule has 0 aromatic heterocycles. The topological polar surface area (TPSA) is 75.7 Å². The van der Waals surface area contributed by atoms with E-state index in [0.29, 0.717) is 11.4 Å². The summed E-state index contributed by atoms with van der Waals surface area (Å²) in [4.78, 5) is 12.6. The second-order valence-corrected chi connectivity index (χ2v) is 8.24. The molecule has 0 saturated carbocycles. The van der Waals surface area contributed by atoms with Crippen LogP contribution in [0.15, 0.2) is 53.4 Å². The third-order valence-electron chi connectivity index (χ3n) is 4.24. The van der Waals surface area contributed by atoms with Crippen LogP contribution in [0.2, 0.25) is 0 Å². The van der Waals surface area contributed by atoms with Crippen molar-refractivity contribution in [2.24, 2.45) is 0 Å². The Morgan fingerprint density at radius 3 is 2.44 bits per heavy atom. The fraction of sp³-hybridized carbons (Fsp3) is 0.350. The second kappa shape index (κ2) is 8.90. The summed E-state index contributed by atoms with van der Waals surface area (Å²) in [6.45, 7) is 5.35. The second-order valence-electron chi connectivity index (χ2n) is 6.38. The van der Waals surface area contributed by atoms with Crippen molar-refractivity contribution in [3.8, 4) is 5.75 Å². The Kier molecular flexibility index (Phi) is 6.85. The van der Waals surface area contributed by atoms with E-state index in [0.717, 1.165) is 16.3 Å². The number of carbonyl (C=O) groups is 1. The Bertz CT molecular complexity index is 882. The van der Waals surface area contributed by atoms with E-state index in [1.165, 1.54) is 19.2 Å². The summed E-state index contributed by atoms with van der Waals surface area (Å²) in [6.07, 6.45) is 0.755. The van der Waals surface area contributed by atoms with Gasteiger partial charge in [-0.25, -0.2) is 8.42 Å². The first-order chi connectivity index (χ1) is 12.8. The third-order valence-corrected chi connectivity index (χ3v) is 6.02.